The van der Waals surface area contributed by atoms with Crippen molar-refractivity contribution in [1.29, 1.82) is 0 Å². The molecule has 1 aromatic rings. The van der Waals surface area contributed by atoms with Crippen LogP contribution in [-0.2, 0) is 11.3 Å². The molecule has 0 aliphatic heterocycles. The van der Waals surface area contributed by atoms with Crippen molar-refractivity contribution < 1.29 is 20.5 Å². The van der Waals surface area contributed by atoms with Crippen LogP contribution in [-0.4, -0.2) is 37.3 Å². The predicted molar refractivity (Wildman–Crippen MR) is 39.5 cm³/mol. The highest BCUT2D eigenvalue weighted by molar-refractivity contribution is 5.71. The Kier molecular flexibility index (Phi) is 3.95. The van der Waals surface area contributed by atoms with Crippen LogP contribution in [0.5, 0.6) is 0 Å². The molecule has 1 rings (SSSR count). The van der Waals surface area contributed by atoms with Crippen molar-refractivity contribution >= 4 is 5.97 Å². The third-order valence-electron chi connectivity index (χ3n) is 1.23. The molecule has 0 aliphatic rings. The number of aliphatic hydroxyl groups excluding tert-OH is 1. The van der Waals surface area contributed by atoms with Gasteiger partial charge in [0, 0.05) is 12.4 Å². The van der Waals surface area contributed by atoms with Crippen LogP contribution in [0.25, 0.3) is 0 Å². The molecule has 0 spiro atoms. The predicted octanol–water partition coefficient (Wildman–Crippen LogP) is -1.50. The van der Waals surface area contributed by atoms with Gasteiger partial charge in [0.15, 0.2) is 6.10 Å². The summed E-state index contributed by atoms with van der Waals surface area (Å²) in [6.07, 6.45) is 3.21. The summed E-state index contributed by atoms with van der Waals surface area (Å²) in [5.74, 6) is -1.22. The summed E-state index contributed by atoms with van der Waals surface area (Å²) < 4.78 is 1.50. The van der Waals surface area contributed by atoms with Crippen LogP contribution in [0, 0.1) is 0 Å². The monoisotopic (exact) mass is 174 g/mol. The Morgan fingerprint density at radius 3 is 2.75 bits per heavy atom. The molecule has 1 aromatic heterocycles. The molecule has 1 atom stereocenters. The lowest BCUT2D eigenvalue weighted by Crippen LogP contribution is -2.24. The van der Waals surface area contributed by atoms with Crippen molar-refractivity contribution in [3.05, 3.63) is 18.7 Å². The fourth-order valence-electron chi connectivity index (χ4n) is 0.673. The van der Waals surface area contributed by atoms with Gasteiger partial charge in [-0.15, -0.1) is 0 Å². The van der Waals surface area contributed by atoms with Crippen LogP contribution in [0.1, 0.15) is 0 Å². The second kappa shape index (κ2) is 4.47. The van der Waals surface area contributed by atoms with Crippen LogP contribution in [0.3, 0.4) is 0 Å². The molecule has 68 valence electrons. The van der Waals surface area contributed by atoms with Gasteiger partial charge in [0.1, 0.15) is 0 Å². The number of aromatic nitrogens is 2. The maximum Gasteiger partial charge on any atom is 0.334 e. The lowest BCUT2D eigenvalue weighted by Gasteiger charge is -2.04. The van der Waals surface area contributed by atoms with E-state index in [0.717, 1.165) is 0 Å². The van der Waals surface area contributed by atoms with Gasteiger partial charge in [0.25, 0.3) is 0 Å². The minimum Gasteiger partial charge on any atom is -0.479 e. The Labute approximate surface area is 68.4 Å². The Morgan fingerprint density at radius 1 is 1.67 bits per heavy atom. The largest absolute Gasteiger partial charge is 0.479 e. The van der Waals surface area contributed by atoms with E-state index in [4.69, 9.17) is 10.2 Å². The average molecular weight is 174 g/mol. The Bertz CT molecular complexity index is 234. The van der Waals surface area contributed by atoms with Gasteiger partial charge < -0.3 is 20.3 Å². The summed E-state index contributed by atoms with van der Waals surface area (Å²) in [5.41, 5.74) is 0. The molecule has 0 saturated carbocycles. The van der Waals surface area contributed by atoms with Gasteiger partial charge in [-0.3, -0.25) is 0 Å². The lowest BCUT2D eigenvalue weighted by molar-refractivity contribution is -0.147. The molecule has 0 amide bonds. The molecule has 6 heteroatoms. The second-order valence-corrected chi connectivity index (χ2v) is 2.11. The van der Waals surface area contributed by atoms with E-state index in [-0.39, 0.29) is 12.0 Å². The molecule has 12 heavy (non-hydrogen) atoms. The Morgan fingerprint density at radius 2 is 2.33 bits per heavy atom. The molecule has 0 radical (unpaired) electrons. The third-order valence-corrected chi connectivity index (χ3v) is 1.23. The fourth-order valence-corrected chi connectivity index (χ4v) is 0.673. The molecule has 0 fully saturated rings. The van der Waals surface area contributed by atoms with E-state index >= 15 is 0 Å². The zero-order valence-electron chi connectivity index (χ0n) is 6.21. The summed E-state index contributed by atoms with van der Waals surface area (Å²) in [6, 6.07) is 0. The van der Waals surface area contributed by atoms with E-state index in [0.29, 0.717) is 0 Å². The lowest BCUT2D eigenvalue weighted by atomic mass is 10.3. The number of carboxylic acid groups (broad SMARTS) is 1. The topological polar surface area (TPSA) is 107 Å². The van der Waals surface area contributed by atoms with Gasteiger partial charge in [0.05, 0.1) is 12.9 Å². The summed E-state index contributed by atoms with van der Waals surface area (Å²) in [6.45, 7) is 0.0370. The standard InChI is InChI=1S/C6H8N2O3.H2O/c9-5(6(10)11)3-8-2-1-7-4-8;/h1-2,4-5,9H,3H2,(H,10,11);1H2/t5-;/m0./s1. The van der Waals surface area contributed by atoms with Crippen LogP contribution >= 0.6 is 0 Å². The maximum atomic E-state index is 10.1. The van der Waals surface area contributed by atoms with Gasteiger partial charge >= 0.3 is 5.97 Å². The van der Waals surface area contributed by atoms with Crippen molar-refractivity contribution in [1.82, 2.24) is 9.55 Å². The first kappa shape index (κ1) is 10.6. The number of hydrogen-bond acceptors (Lipinski definition) is 3. The van der Waals surface area contributed by atoms with Crippen LogP contribution in [0.2, 0.25) is 0 Å². The van der Waals surface area contributed by atoms with Crippen molar-refractivity contribution in [2.75, 3.05) is 0 Å². The van der Waals surface area contributed by atoms with E-state index in [1.807, 2.05) is 0 Å². The number of carboxylic acids is 1. The van der Waals surface area contributed by atoms with E-state index in [1.165, 1.54) is 17.1 Å². The Balaban J connectivity index is 0.00000121. The molecule has 0 aliphatic carbocycles. The zero-order chi connectivity index (χ0) is 8.27. The quantitative estimate of drug-likeness (QED) is 0.581. The molecule has 6 nitrogen and oxygen atoms in total. The Hall–Kier alpha value is -1.40. The van der Waals surface area contributed by atoms with Crippen molar-refractivity contribution in [2.24, 2.45) is 0 Å². The van der Waals surface area contributed by atoms with Gasteiger partial charge in [-0.25, -0.2) is 9.78 Å². The number of aliphatic hydroxyl groups is 1. The number of imidazole rings is 1. The number of nitrogens with zero attached hydrogens (tertiary/aromatic N) is 2. The highest BCUT2D eigenvalue weighted by atomic mass is 16.4. The number of hydrogen-bond donors (Lipinski definition) is 2. The molecule has 4 N–H and O–H groups in total. The molecular formula is C6H10N2O4. The first-order valence-electron chi connectivity index (χ1n) is 3.07. The van der Waals surface area contributed by atoms with E-state index < -0.39 is 12.1 Å². The molecule has 0 bridgehead atoms. The number of aliphatic carboxylic acids is 1. The number of rotatable bonds is 3. The summed E-state index contributed by atoms with van der Waals surface area (Å²) >= 11 is 0. The van der Waals surface area contributed by atoms with Crippen molar-refractivity contribution in [3.63, 3.8) is 0 Å². The molecule has 0 unspecified atom stereocenters. The van der Waals surface area contributed by atoms with Crippen LogP contribution in [0.15, 0.2) is 18.7 Å². The van der Waals surface area contributed by atoms with Gasteiger partial charge in [-0.1, -0.05) is 0 Å². The molecule has 0 saturated heterocycles. The first-order chi connectivity index (χ1) is 5.20. The minimum atomic E-state index is -1.36. The van der Waals surface area contributed by atoms with Gasteiger partial charge in [-0.2, -0.15) is 0 Å². The zero-order valence-corrected chi connectivity index (χ0v) is 6.21. The third kappa shape index (κ3) is 2.69. The smallest absolute Gasteiger partial charge is 0.334 e. The first-order valence-corrected chi connectivity index (χ1v) is 3.07. The average Bonchev–Trinajstić information content (AvgIpc) is 2.39. The highest BCUT2D eigenvalue weighted by Crippen LogP contribution is 1.91. The second-order valence-electron chi connectivity index (χ2n) is 2.11. The number of carbonyl (C=O) groups is 1. The van der Waals surface area contributed by atoms with Gasteiger partial charge in [-0.05, 0) is 0 Å². The van der Waals surface area contributed by atoms with Crippen molar-refractivity contribution in [3.8, 4) is 0 Å². The van der Waals surface area contributed by atoms with E-state index in [2.05, 4.69) is 4.98 Å². The van der Waals surface area contributed by atoms with E-state index in [9.17, 15) is 4.79 Å². The molecule has 1 heterocycles. The van der Waals surface area contributed by atoms with Crippen LogP contribution in [0.4, 0.5) is 0 Å². The highest BCUT2D eigenvalue weighted by Gasteiger charge is 2.12. The summed E-state index contributed by atoms with van der Waals surface area (Å²) in [5, 5.41) is 17.1. The maximum absolute atomic E-state index is 10.1. The summed E-state index contributed by atoms with van der Waals surface area (Å²) in [4.78, 5) is 13.8. The van der Waals surface area contributed by atoms with Gasteiger partial charge in [0.2, 0.25) is 0 Å². The van der Waals surface area contributed by atoms with Crippen molar-refractivity contribution in [2.45, 2.75) is 12.6 Å². The van der Waals surface area contributed by atoms with Crippen LogP contribution < -0.4 is 0 Å². The summed E-state index contributed by atoms with van der Waals surface area (Å²) in [7, 11) is 0. The fraction of sp³-hybridized carbons (Fsp3) is 0.333. The molecular weight excluding hydrogens is 164 g/mol. The normalized spacial score (nSPS) is 11.8. The molecule has 0 aromatic carbocycles. The SMILES string of the molecule is O.O=C(O)[C@@H](O)Cn1ccnc1. The van der Waals surface area contributed by atoms with E-state index in [1.54, 1.807) is 6.20 Å². The minimum absolute atomic E-state index is 0.